The average Bonchev–Trinajstić information content (AvgIpc) is 2.20. The third-order valence-electron chi connectivity index (χ3n) is 2.70. The molecule has 88 valence electrons. The van der Waals surface area contributed by atoms with E-state index < -0.39 is 6.09 Å². The van der Waals surface area contributed by atoms with Crippen LogP contribution in [0.5, 0.6) is 0 Å². The van der Waals surface area contributed by atoms with Gasteiger partial charge < -0.3 is 20.9 Å². The smallest absolute Gasteiger partial charge is 0.404 e. The zero-order valence-corrected chi connectivity index (χ0v) is 8.98. The van der Waals surface area contributed by atoms with E-state index in [9.17, 15) is 4.79 Å². The van der Waals surface area contributed by atoms with Crippen LogP contribution in [-0.2, 0) is 4.74 Å². The number of hydrogen-bond donors (Lipinski definition) is 3. The third kappa shape index (κ3) is 4.03. The van der Waals surface area contributed by atoms with Crippen molar-refractivity contribution in [3.05, 3.63) is 0 Å². The lowest BCUT2D eigenvalue weighted by atomic mass is 10.0. The zero-order valence-electron chi connectivity index (χ0n) is 8.98. The van der Waals surface area contributed by atoms with E-state index in [-0.39, 0.29) is 12.1 Å². The lowest BCUT2D eigenvalue weighted by Gasteiger charge is -2.35. The number of piperidine rings is 1. The highest BCUT2D eigenvalue weighted by atomic mass is 16.5. The van der Waals surface area contributed by atoms with E-state index in [4.69, 9.17) is 15.6 Å². The number of hydrogen-bond acceptors (Lipinski definition) is 4. The van der Waals surface area contributed by atoms with E-state index in [1.807, 2.05) is 0 Å². The van der Waals surface area contributed by atoms with Gasteiger partial charge >= 0.3 is 6.09 Å². The molecule has 1 rings (SSSR count). The Labute approximate surface area is 89.4 Å². The minimum Gasteiger partial charge on any atom is -0.465 e. The highest BCUT2D eigenvalue weighted by Gasteiger charge is 2.25. The van der Waals surface area contributed by atoms with Crippen LogP contribution in [0.4, 0.5) is 4.79 Å². The van der Waals surface area contributed by atoms with Crippen LogP contribution in [0, 0.1) is 0 Å². The van der Waals surface area contributed by atoms with Crippen LogP contribution in [0.3, 0.4) is 0 Å². The fraction of sp³-hybridized carbons (Fsp3) is 0.889. The molecule has 1 amide bonds. The number of methoxy groups -OCH3 is 1. The van der Waals surface area contributed by atoms with Gasteiger partial charge in [0.25, 0.3) is 0 Å². The molecule has 0 aromatic carbocycles. The Balaban J connectivity index is 2.23. The summed E-state index contributed by atoms with van der Waals surface area (Å²) < 4.78 is 5.26. The van der Waals surface area contributed by atoms with Crippen LogP contribution >= 0.6 is 0 Å². The number of nitrogens with one attached hydrogen (secondary N) is 1. The molecular formula is C9H19N3O3. The second-order valence-electron chi connectivity index (χ2n) is 3.76. The molecule has 1 heterocycles. The SMILES string of the molecule is CO[C@H]1CN(CCNC(=O)O)CC[C@H]1N. The maximum atomic E-state index is 10.2. The summed E-state index contributed by atoms with van der Waals surface area (Å²) in [5.41, 5.74) is 5.87. The first kappa shape index (κ1) is 12.2. The van der Waals surface area contributed by atoms with E-state index in [0.717, 1.165) is 19.5 Å². The monoisotopic (exact) mass is 217 g/mol. The predicted molar refractivity (Wildman–Crippen MR) is 55.9 cm³/mol. The molecule has 0 aliphatic carbocycles. The Morgan fingerprint density at radius 1 is 1.73 bits per heavy atom. The molecule has 1 saturated heterocycles. The number of ether oxygens (including phenoxy) is 1. The van der Waals surface area contributed by atoms with Crippen LogP contribution in [0.2, 0.25) is 0 Å². The first-order chi connectivity index (χ1) is 7.13. The van der Waals surface area contributed by atoms with Gasteiger partial charge in [-0.05, 0) is 13.0 Å². The summed E-state index contributed by atoms with van der Waals surface area (Å²) in [5, 5.41) is 10.7. The molecule has 0 bridgehead atoms. The molecule has 0 aromatic heterocycles. The molecule has 0 spiro atoms. The van der Waals surface area contributed by atoms with E-state index in [0.29, 0.717) is 13.1 Å². The molecule has 0 unspecified atom stereocenters. The van der Waals surface area contributed by atoms with Crippen molar-refractivity contribution in [3.8, 4) is 0 Å². The Hall–Kier alpha value is -0.850. The Bertz CT molecular complexity index is 213. The van der Waals surface area contributed by atoms with Gasteiger partial charge in [0.1, 0.15) is 0 Å². The van der Waals surface area contributed by atoms with Crippen LogP contribution in [-0.4, -0.2) is 61.5 Å². The number of carbonyl (C=O) groups is 1. The summed E-state index contributed by atoms with van der Waals surface area (Å²) in [7, 11) is 1.66. The Morgan fingerprint density at radius 2 is 2.47 bits per heavy atom. The largest absolute Gasteiger partial charge is 0.465 e. The summed E-state index contributed by atoms with van der Waals surface area (Å²) in [5.74, 6) is 0. The summed E-state index contributed by atoms with van der Waals surface area (Å²) in [6.45, 7) is 2.83. The molecule has 4 N–H and O–H groups in total. The van der Waals surface area contributed by atoms with E-state index >= 15 is 0 Å². The molecule has 1 aliphatic rings. The lowest BCUT2D eigenvalue weighted by Crippen LogP contribution is -2.52. The van der Waals surface area contributed by atoms with E-state index in [1.165, 1.54) is 0 Å². The van der Waals surface area contributed by atoms with E-state index in [1.54, 1.807) is 7.11 Å². The lowest BCUT2D eigenvalue weighted by molar-refractivity contribution is 0.0173. The molecule has 0 saturated carbocycles. The van der Waals surface area contributed by atoms with Gasteiger partial charge in [-0.15, -0.1) is 0 Å². The van der Waals surface area contributed by atoms with Crippen molar-refractivity contribution >= 4 is 6.09 Å². The third-order valence-corrected chi connectivity index (χ3v) is 2.70. The second kappa shape index (κ2) is 5.89. The first-order valence-electron chi connectivity index (χ1n) is 5.11. The van der Waals surface area contributed by atoms with Gasteiger partial charge in [-0.25, -0.2) is 4.79 Å². The highest BCUT2D eigenvalue weighted by molar-refractivity contribution is 5.64. The van der Waals surface area contributed by atoms with Crippen molar-refractivity contribution in [3.63, 3.8) is 0 Å². The zero-order chi connectivity index (χ0) is 11.3. The molecule has 6 nitrogen and oxygen atoms in total. The van der Waals surface area contributed by atoms with Gasteiger partial charge in [-0.2, -0.15) is 0 Å². The van der Waals surface area contributed by atoms with Crippen LogP contribution in [0.15, 0.2) is 0 Å². The van der Waals surface area contributed by atoms with Crippen LogP contribution < -0.4 is 11.1 Å². The van der Waals surface area contributed by atoms with Crippen LogP contribution in [0.25, 0.3) is 0 Å². The van der Waals surface area contributed by atoms with Crippen molar-refractivity contribution in [1.82, 2.24) is 10.2 Å². The molecule has 0 aromatic rings. The number of rotatable bonds is 4. The van der Waals surface area contributed by atoms with Gasteiger partial charge in [0, 0.05) is 32.8 Å². The average molecular weight is 217 g/mol. The summed E-state index contributed by atoms with van der Waals surface area (Å²) in [6, 6.07) is 0.0960. The number of nitrogens with zero attached hydrogens (tertiary/aromatic N) is 1. The summed E-state index contributed by atoms with van der Waals surface area (Å²) in [4.78, 5) is 12.4. The minimum atomic E-state index is -0.980. The molecule has 1 fully saturated rings. The fourth-order valence-electron chi connectivity index (χ4n) is 1.77. The quantitative estimate of drug-likeness (QED) is 0.579. The topological polar surface area (TPSA) is 87.8 Å². The van der Waals surface area contributed by atoms with Gasteiger partial charge in [-0.3, -0.25) is 4.90 Å². The number of likely N-dealkylation sites (tertiary alicyclic amines) is 1. The standard InChI is InChI=1S/C9H19N3O3/c1-15-8-6-12(4-2-7(8)10)5-3-11-9(13)14/h7-8,11H,2-6,10H2,1H3,(H,13,14)/t7-,8+/m1/s1. The first-order valence-corrected chi connectivity index (χ1v) is 5.11. The highest BCUT2D eigenvalue weighted by Crippen LogP contribution is 2.10. The van der Waals surface area contributed by atoms with Crippen molar-refractivity contribution in [2.75, 3.05) is 33.3 Å². The van der Waals surface area contributed by atoms with Crippen LogP contribution in [0.1, 0.15) is 6.42 Å². The molecule has 1 aliphatic heterocycles. The van der Waals surface area contributed by atoms with E-state index in [2.05, 4.69) is 10.2 Å². The number of amides is 1. The Morgan fingerprint density at radius 3 is 3.07 bits per heavy atom. The van der Waals surface area contributed by atoms with Crippen molar-refractivity contribution in [2.45, 2.75) is 18.6 Å². The Kier molecular flexibility index (Phi) is 4.80. The maximum absolute atomic E-state index is 10.2. The number of carboxylic acid groups (broad SMARTS) is 1. The molecule has 0 radical (unpaired) electrons. The molecular weight excluding hydrogens is 198 g/mol. The summed E-state index contributed by atoms with van der Waals surface area (Å²) in [6.07, 6.45) is -0.0263. The van der Waals surface area contributed by atoms with Crippen molar-refractivity contribution in [2.24, 2.45) is 5.73 Å². The molecule has 6 heteroatoms. The van der Waals surface area contributed by atoms with Gasteiger partial charge in [0.05, 0.1) is 6.10 Å². The van der Waals surface area contributed by atoms with Gasteiger partial charge in [0.2, 0.25) is 0 Å². The normalized spacial score (nSPS) is 27.6. The predicted octanol–water partition coefficient (Wildman–Crippen LogP) is -0.698. The van der Waals surface area contributed by atoms with Gasteiger partial charge in [-0.1, -0.05) is 0 Å². The van der Waals surface area contributed by atoms with Gasteiger partial charge in [0.15, 0.2) is 0 Å². The minimum absolute atomic E-state index is 0.0589. The fourth-order valence-corrected chi connectivity index (χ4v) is 1.77. The maximum Gasteiger partial charge on any atom is 0.404 e. The molecule has 15 heavy (non-hydrogen) atoms. The molecule has 2 atom stereocenters. The van der Waals surface area contributed by atoms with Crippen molar-refractivity contribution in [1.29, 1.82) is 0 Å². The summed E-state index contributed by atoms with van der Waals surface area (Å²) >= 11 is 0. The second-order valence-corrected chi connectivity index (χ2v) is 3.76. The van der Waals surface area contributed by atoms with Crippen molar-refractivity contribution < 1.29 is 14.6 Å². The number of nitrogens with two attached hydrogens (primary N) is 1.